The van der Waals surface area contributed by atoms with E-state index in [2.05, 4.69) is 20.1 Å². The molecule has 29 heavy (non-hydrogen) atoms. The Morgan fingerprint density at radius 1 is 1.00 bits per heavy atom. The Labute approximate surface area is 172 Å². The van der Waals surface area contributed by atoms with Crippen LogP contribution in [0.1, 0.15) is 26.9 Å². The van der Waals surface area contributed by atoms with E-state index in [0.29, 0.717) is 48.4 Å². The summed E-state index contributed by atoms with van der Waals surface area (Å²) in [7, 11) is 0. The first kappa shape index (κ1) is 19.0. The predicted octanol–water partition coefficient (Wildman–Crippen LogP) is 1.62. The van der Waals surface area contributed by atoms with Gasteiger partial charge in [-0.3, -0.25) is 14.6 Å². The molecule has 1 aromatic carbocycles. The number of halogens is 1. The molecule has 10 heteroatoms. The van der Waals surface area contributed by atoms with Crippen LogP contribution in [-0.4, -0.2) is 72.5 Å². The smallest absolute Gasteiger partial charge is 0.293 e. The van der Waals surface area contributed by atoms with Crippen molar-refractivity contribution in [1.29, 1.82) is 0 Å². The van der Waals surface area contributed by atoms with Gasteiger partial charge in [-0.1, -0.05) is 23.7 Å². The molecule has 3 aromatic rings. The fourth-order valence-corrected chi connectivity index (χ4v) is 3.37. The second kappa shape index (κ2) is 7.96. The van der Waals surface area contributed by atoms with Crippen LogP contribution < -0.4 is 0 Å². The van der Waals surface area contributed by atoms with Crippen LogP contribution in [-0.2, 0) is 0 Å². The van der Waals surface area contributed by atoms with Gasteiger partial charge in [0.05, 0.1) is 16.9 Å². The summed E-state index contributed by atoms with van der Waals surface area (Å²) >= 11 is 6.23. The molecule has 0 bridgehead atoms. The van der Waals surface area contributed by atoms with Gasteiger partial charge in [-0.05, 0) is 19.1 Å². The predicted molar refractivity (Wildman–Crippen MR) is 105 cm³/mol. The number of amides is 2. The maximum Gasteiger partial charge on any atom is 0.293 e. The third-order valence-corrected chi connectivity index (χ3v) is 5.00. The number of aryl methyl sites for hydroxylation is 1. The highest BCUT2D eigenvalue weighted by Gasteiger charge is 2.28. The summed E-state index contributed by atoms with van der Waals surface area (Å²) in [4.78, 5) is 40.9. The summed E-state index contributed by atoms with van der Waals surface area (Å²) in [6.45, 7) is 3.37. The minimum absolute atomic E-state index is 0.108. The molecule has 1 fully saturated rings. The van der Waals surface area contributed by atoms with Crippen LogP contribution in [0.5, 0.6) is 0 Å². The first-order valence-corrected chi connectivity index (χ1v) is 9.45. The summed E-state index contributed by atoms with van der Waals surface area (Å²) in [6, 6.07) is 7.24. The van der Waals surface area contributed by atoms with Crippen molar-refractivity contribution in [2.24, 2.45) is 0 Å². The van der Waals surface area contributed by atoms with Crippen molar-refractivity contribution in [1.82, 2.24) is 34.5 Å². The van der Waals surface area contributed by atoms with E-state index >= 15 is 0 Å². The lowest BCUT2D eigenvalue weighted by Crippen LogP contribution is -2.51. The molecule has 3 heterocycles. The molecule has 0 atom stereocenters. The highest BCUT2D eigenvalue weighted by atomic mass is 35.5. The van der Waals surface area contributed by atoms with Crippen molar-refractivity contribution in [2.45, 2.75) is 6.92 Å². The average molecular weight is 412 g/mol. The number of para-hydroxylation sites is 1. The van der Waals surface area contributed by atoms with Gasteiger partial charge in [0.2, 0.25) is 5.82 Å². The Morgan fingerprint density at radius 2 is 1.69 bits per heavy atom. The Balaban J connectivity index is 1.45. The molecule has 4 rings (SSSR count). The number of rotatable bonds is 3. The van der Waals surface area contributed by atoms with Gasteiger partial charge in [-0.25, -0.2) is 14.6 Å². The standard InChI is InChI=1S/C19H18ClN7O2/c1-13-23-17(24-27(13)16-5-3-2-4-14(16)20)19(29)26-10-8-25(9-11-26)18(28)15-12-21-6-7-22-15/h2-7,12H,8-11H2,1H3. The molecule has 1 saturated heterocycles. The molecule has 0 unspecified atom stereocenters. The van der Waals surface area contributed by atoms with Crippen molar-refractivity contribution in [3.8, 4) is 5.69 Å². The van der Waals surface area contributed by atoms with Gasteiger partial charge >= 0.3 is 0 Å². The third-order valence-electron chi connectivity index (χ3n) is 4.68. The highest BCUT2D eigenvalue weighted by Crippen LogP contribution is 2.20. The van der Waals surface area contributed by atoms with Crippen molar-refractivity contribution >= 4 is 23.4 Å². The first-order chi connectivity index (χ1) is 14.0. The molecule has 0 N–H and O–H groups in total. The topological polar surface area (TPSA) is 97.1 Å². The molecular formula is C19H18ClN7O2. The Bertz CT molecular complexity index is 1050. The molecule has 0 aliphatic carbocycles. The third kappa shape index (κ3) is 3.81. The second-order valence-electron chi connectivity index (χ2n) is 6.52. The van der Waals surface area contributed by atoms with Crippen LogP contribution >= 0.6 is 11.6 Å². The fraction of sp³-hybridized carbons (Fsp3) is 0.263. The number of aromatic nitrogens is 5. The lowest BCUT2D eigenvalue weighted by Gasteiger charge is -2.33. The summed E-state index contributed by atoms with van der Waals surface area (Å²) < 4.78 is 1.56. The Kier molecular flexibility index (Phi) is 5.22. The quantitative estimate of drug-likeness (QED) is 0.649. The zero-order valence-electron chi connectivity index (χ0n) is 15.7. The summed E-state index contributed by atoms with van der Waals surface area (Å²) in [5, 5.41) is 4.87. The fourth-order valence-electron chi connectivity index (χ4n) is 3.16. The van der Waals surface area contributed by atoms with Crippen LogP contribution in [0.15, 0.2) is 42.9 Å². The Hall–Kier alpha value is -3.33. The summed E-state index contributed by atoms with van der Waals surface area (Å²) in [5.41, 5.74) is 0.959. The van der Waals surface area contributed by atoms with E-state index in [9.17, 15) is 9.59 Å². The Morgan fingerprint density at radius 3 is 2.34 bits per heavy atom. The molecule has 0 radical (unpaired) electrons. The number of carbonyl (C=O) groups excluding carboxylic acids is 2. The van der Waals surface area contributed by atoms with E-state index in [1.165, 1.54) is 18.6 Å². The number of benzene rings is 1. The zero-order chi connectivity index (χ0) is 20.4. The molecule has 1 aliphatic heterocycles. The molecule has 9 nitrogen and oxygen atoms in total. The van der Waals surface area contributed by atoms with Crippen molar-refractivity contribution in [3.63, 3.8) is 0 Å². The highest BCUT2D eigenvalue weighted by molar-refractivity contribution is 6.32. The summed E-state index contributed by atoms with van der Waals surface area (Å²) in [6.07, 6.45) is 4.44. The lowest BCUT2D eigenvalue weighted by molar-refractivity contribution is 0.0525. The van der Waals surface area contributed by atoms with E-state index in [0.717, 1.165) is 0 Å². The van der Waals surface area contributed by atoms with Gasteiger partial charge in [0, 0.05) is 38.6 Å². The normalized spacial score (nSPS) is 14.1. The molecule has 1 aliphatic rings. The SMILES string of the molecule is Cc1nc(C(=O)N2CCN(C(=O)c3cnccn3)CC2)nn1-c1ccccc1Cl. The van der Waals surface area contributed by atoms with E-state index in [1.54, 1.807) is 27.5 Å². The lowest BCUT2D eigenvalue weighted by atomic mass is 10.2. The van der Waals surface area contributed by atoms with Crippen molar-refractivity contribution in [2.75, 3.05) is 26.2 Å². The number of hydrogen-bond donors (Lipinski definition) is 0. The minimum atomic E-state index is -0.273. The zero-order valence-corrected chi connectivity index (χ0v) is 16.5. The molecular weight excluding hydrogens is 394 g/mol. The number of hydrogen-bond acceptors (Lipinski definition) is 6. The van der Waals surface area contributed by atoms with Crippen LogP contribution in [0, 0.1) is 6.92 Å². The van der Waals surface area contributed by atoms with Gasteiger partial charge < -0.3 is 9.80 Å². The summed E-state index contributed by atoms with van der Waals surface area (Å²) in [5.74, 6) is 0.210. The largest absolute Gasteiger partial charge is 0.334 e. The van der Waals surface area contributed by atoms with Crippen LogP contribution in [0.3, 0.4) is 0 Å². The number of nitrogens with zero attached hydrogens (tertiary/aromatic N) is 7. The van der Waals surface area contributed by atoms with E-state index in [1.807, 2.05) is 18.2 Å². The van der Waals surface area contributed by atoms with Crippen LogP contribution in [0.4, 0.5) is 0 Å². The van der Waals surface area contributed by atoms with Gasteiger partial charge in [0.15, 0.2) is 0 Å². The number of piperazine rings is 1. The van der Waals surface area contributed by atoms with E-state index in [4.69, 9.17) is 11.6 Å². The van der Waals surface area contributed by atoms with Crippen LogP contribution in [0.2, 0.25) is 5.02 Å². The average Bonchev–Trinajstić information content (AvgIpc) is 3.15. The second-order valence-corrected chi connectivity index (χ2v) is 6.93. The van der Waals surface area contributed by atoms with E-state index in [-0.39, 0.29) is 17.6 Å². The molecule has 0 spiro atoms. The number of carbonyl (C=O) groups is 2. The minimum Gasteiger partial charge on any atom is -0.334 e. The molecule has 148 valence electrons. The van der Waals surface area contributed by atoms with Gasteiger partial charge in [0.1, 0.15) is 11.5 Å². The molecule has 0 saturated carbocycles. The first-order valence-electron chi connectivity index (χ1n) is 9.07. The van der Waals surface area contributed by atoms with Gasteiger partial charge in [0.25, 0.3) is 11.8 Å². The molecule has 2 aromatic heterocycles. The monoisotopic (exact) mass is 411 g/mol. The maximum absolute atomic E-state index is 12.9. The van der Waals surface area contributed by atoms with Crippen molar-refractivity contribution in [3.05, 3.63) is 65.2 Å². The van der Waals surface area contributed by atoms with Crippen LogP contribution in [0.25, 0.3) is 5.69 Å². The van der Waals surface area contributed by atoms with Gasteiger partial charge in [-0.2, -0.15) is 0 Å². The van der Waals surface area contributed by atoms with Crippen molar-refractivity contribution < 1.29 is 9.59 Å². The van der Waals surface area contributed by atoms with Gasteiger partial charge in [-0.15, -0.1) is 5.10 Å². The maximum atomic E-state index is 12.9. The molecule has 2 amide bonds. The van der Waals surface area contributed by atoms with E-state index < -0.39 is 0 Å².